The third-order valence-corrected chi connectivity index (χ3v) is 3.87. The SMILES string of the molecule is Cc1[nH]nc(C(F)(F)F)c1NC(=O)c1ccc(COc2c(F)c(F)c(F)c(F)c2F)o1. The van der Waals surface area contributed by atoms with Crippen molar-refractivity contribution in [2.24, 2.45) is 0 Å². The molecule has 31 heavy (non-hydrogen) atoms. The van der Waals surface area contributed by atoms with Gasteiger partial charge in [-0.05, 0) is 19.1 Å². The number of furan rings is 1. The molecule has 1 aromatic carbocycles. The minimum Gasteiger partial charge on any atom is -0.479 e. The number of amides is 1. The lowest BCUT2D eigenvalue weighted by atomic mass is 10.2. The number of aromatic nitrogens is 2. The smallest absolute Gasteiger partial charge is 0.437 e. The molecule has 0 aliphatic carbocycles. The van der Waals surface area contributed by atoms with E-state index in [0.717, 1.165) is 12.1 Å². The summed E-state index contributed by atoms with van der Waals surface area (Å²) < 4.78 is 115. The standard InChI is InChI=1S/C17H9F8N3O3/c1-5-13(15(28-27-5)17(23,24)25)26-16(29)7-3-2-6(31-7)4-30-14-11(21)9(19)8(18)10(20)12(14)22/h2-3H,4H2,1H3,(H,26,29)(H,27,28). The zero-order chi connectivity index (χ0) is 23.1. The van der Waals surface area contributed by atoms with E-state index in [1.807, 2.05) is 5.32 Å². The second-order valence-corrected chi connectivity index (χ2v) is 5.98. The van der Waals surface area contributed by atoms with Gasteiger partial charge in [0.05, 0.1) is 11.4 Å². The van der Waals surface area contributed by atoms with Gasteiger partial charge in [-0.15, -0.1) is 0 Å². The molecule has 0 aliphatic heterocycles. The molecule has 0 radical (unpaired) electrons. The minimum atomic E-state index is -4.86. The molecule has 0 atom stereocenters. The molecule has 0 bridgehead atoms. The van der Waals surface area contributed by atoms with Gasteiger partial charge in [0.25, 0.3) is 5.91 Å². The number of carbonyl (C=O) groups is 1. The zero-order valence-corrected chi connectivity index (χ0v) is 15.1. The van der Waals surface area contributed by atoms with Gasteiger partial charge in [0, 0.05) is 0 Å². The van der Waals surface area contributed by atoms with Crippen LogP contribution in [0.1, 0.15) is 27.7 Å². The highest BCUT2D eigenvalue weighted by Gasteiger charge is 2.38. The van der Waals surface area contributed by atoms with Gasteiger partial charge in [0.2, 0.25) is 29.1 Å². The number of halogens is 8. The van der Waals surface area contributed by atoms with Crippen molar-refractivity contribution in [3.63, 3.8) is 0 Å². The molecule has 0 spiro atoms. The maximum atomic E-state index is 13.6. The molecule has 3 rings (SSSR count). The first-order valence-corrected chi connectivity index (χ1v) is 8.08. The molecule has 166 valence electrons. The second kappa shape index (κ2) is 7.92. The van der Waals surface area contributed by atoms with Crippen LogP contribution in [-0.2, 0) is 12.8 Å². The summed E-state index contributed by atoms with van der Waals surface area (Å²) in [4.78, 5) is 12.2. The van der Waals surface area contributed by atoms with Crippen LogP contribution in [0.2, 0.25) is 0 Å². The number of hydrogen-bond donors (Lipinski definition) is 2. The first-order valence-electron chi connectivity index (χ1n) is 8.08. The average molecular weight is 455 g/mol. The summed E-state index contributed by atoms with van der Waals surface area (Å²) >= 11 is 0. The van der Waals surface area contributed by atoms with Crippen LogP contribution in [-0.4, -0.2) is 16.1 Å². The molecule has 3 aromatic rings. The molecule has 0 unspecified atom stereocenters. The fraction of sp³-hybridized carbons (Fsp3) is 0.176. The Balaban J connectivity index is 1.75. The van der Waals surface area contributed by atoms with Crippen molar-refractivity contribution >= 4 is 11.6 Å². The highest BCUT2D eigenvalue weighted by Crippen LogP contribution is 2.35. The number of aromatic amines is 1. The lowest BCUT2D eigenvalue weighted by molar-refractivity contribution is -0.140. The maximum Gasteiger partial charge on any atom is 0.437 e. The summed E-state index contributed by atoms with van der Waals surface area (Å²) in [5.74, 6) is -14.7. The predicted octanol–water partition coefficient (Wildman–Crippen LogP) is 4.86. The summed E-state index contributed by atoms with van der Waals surface area (Å²) in [6.45, 7) is 0.369. The van der Waals surface area contributed by atoms with Gasteiger partial charge in [-0.2, -0.15) is 27.1 Å². The molecule has 0 saturated carbocycles. The topological polar surface area (TPSA) is 80.2 Å². The quantitative estimate of drug-likeness (QED) is 0.327. The Morgan fingerprint density at radius 3 is 2.23 bits per heavy atom. The molecular formula is C17H9F8N3O3. The van der Waals surface area contributed by atoms with Crippen LogP contribution in [0, 0.1) is 36.0 Å². The molecule has 0 fully saturated rings. The molecule has 14 heteroatoms. The van der Waals surface area contributed by atoms with Gasteiger partial charge in [0.1, 0.15) is 12.4 Å². The van der Waals surface area contributed by atoms with Crippen molar-refractivity contribution in [2.45, 2.75) is 19.7 Å². The van der Waals surface area contributed by atoms with E-state index in [2.05, 4.69) is 14.9 Å². The number of ether oxygens (including phenoxy) is 1. The number of carbonyl (C=O) groups excluding carboxylic acids is 1. The summed E-state index contributed by atoms with van der Waals surface area (Å²) in [6, 6.07) is 2.04. The lowest BCUT2D eigenvalue weighted by Crippen LogP contribution is -2.16. The molecule has 2 N–H and O–H groups in total. The normalized spacial score (nSPS) is 11.6. The van der Waals surface area contributed by atoms with Crippen LogP contribution in [0.25, 0.3) is 0 Å². The van der Waals surface area contributed by atoms with Crippen molar-refractivity contribution in [2.75, 3.05) is 5.32 Å². The summed E-state index contributed by atoms with van der Waals surface area (Å²) in [7, 11) is 0. The largest absolute Gasteiger partial charge is 0.479 e. The number of hydrogen-bond acceptors (Lipinski definition) is 4. The number of H-pyrrole nitrogens is 1. The van der Waals surface area contributed by atoms with Gasteiger partial charge in [-0.25, -0.2) is 13.2 Å². The third kappa shape index (κ3) is 4.18. The zero-order valence-electron chi connectivity index (χ0n) is 15.1. The van der Waals surface area contributed by atoms with Crippen molar-refractivity contribution in [1.29, 1.82) is 0 Å². The van der Waals surface area contributed by atoms with Gasteiger partial charge in [0.15, 0.2) is 17.2 Å². The Labute approximate surface area is 166 Å². The Morgan fingerprint density at radius 2 is 1.65 bits per heavy atom. The summed E-state index contributed by atoms with van der Waals surface area (Å²) in [6.07, 6.45) is -4.86. The van der Waals surface area contributed by atoms with Gasteiger partial charge >= 0.3 is 6.18 Å². The minimum absolute atomic E-state index is 0.0953. The van der Waals surface area contributed by atoms with Crippen LogP contribution in [0.4, 0.5) is 40.8 Å². The molecule has 2 heterocycles. The Hall–Kier alpha value is -3.58. The third-order valence-electron chi connectivity index (χ3n) is 3.87. The fourth-order valence-corrected chi connectivity index (χ4v) is 2.39. The summed E-state index contributed by atoms with van der Waals surface area (Å²) in [5.41, 5.74) is -2.12. The number of anilines is 1. The average Bonchev–Trinajstić information content (AvgIpc) is 3.32. The molecular weight excluding hydrogens is 446 g/mol. The first kappa shape index (κ1) is 22.1. The first-order chi connectivity index (χ1) is 14.4. The number of rotatable bonds is 5. The van der Waals surface area contributed by atoms with E-state index in [9.17, 15) is 39.9 Å². The highest BCUT2D eigenvalue weighted by molar-refractivity contribution is 6.03. The monoisotopic (exact) mass is 455 g/mol. The van der Waals surface area contributed by atoms with Gasteiger partial charge < -0.3 is 14.5 Å². The van der Waals surface area contributed by atoms with Crippen molar-refractivity contribution in [3.05, 3.63) is 64.1 Å². The van der Waals surface area contributed by atoms with Gasteiger partial charge in [-0.1, -0.05) is 0 Å². The number of alkyl halides is 3. The Morgan fingerprint density at radius 1 is 1.06 bits per heavy atom. The number of nitrogens with zero attached hydrogens (tertiary/aromatic N) is 1. The Bertz CT molecular complexity index is 1120. The van der Waals surface area contributed by atoms with Gasteiger partial charge in [-0.3, -0.25) is 9.89 Å². The molecule has 0 aliphatic rings. The van der Waals surface area contributed by atoms with Crippen LogP contribution in [0.5, 0.6) is 5.75 Å². The number of nitrogens with one attached hydrogen (secondary N) is 2. The summed E-state index contributed by atoms with van der Waals surface area (Å²) in [5, 5.41) is 7.10. The van der Waals surface area contributed by atoms with Crippen LogP contribution in [0.3, 0.4) is 0 Å². The molecule has 0 saturated heterocycles. The lowest BCUT2D eigenvalue weighted by Gasteiger charge is -2.09. The van der Waals surface area contributed by atoms with Crippen molar-refractivity contribution < 1.29 is 49.1 Å². The van der Waals surface area contributed by atoms with E-state index in [4.69, 9.17) is 4.42 Å². The molecule has 1 amide bonds. The van der Waals surface area contributed by atoms with E-state index < -0.39 is 70.7 Å². The van der Waals surface area contributed by atoms with E-state index in [1.54, 1.807) is 0 Å². The highest BCUT2D eigenvalue weighted by atomic mass is 19.4. The molecule has 6 nitrogen and oxygen atoms in total. The maximum absolute atomic E-state index is 13.6. The van der Waals surface area contributed by atoms with E-state index in [1.165, 1.54) is 6.92 Å². The van der Waals surface area contributed by atoms with Crippen molar-refractivity contribution in [1.82, 2.24) is 10.2 Å². The Kier molecular flexibility index (Phi) is 5.65. The number of aryl methyl sites for hydroxylation is 1. The predicted molar refractivity (Wildman–Crippen MR) is 85.6 cm³/mol. The van der Waals surface area contributed by atoms with Crippen LogP contribution in [0.15, 0.2) is 16.5 Å². The van der Waals surface area contributed by atoms with Crippen molar-refractivity contribution in [3.8, 4) is 5.75 Å². The van der Waals surface area contributed by atoms with Crippen LogP contribution < -0.4 is 10.1 Å². The van der Waals surface area contributed by atoms with Crippen LogP contribution >= 0.6 is 0 Å². The van der Waals surface area contributed by atoms with E-state index in [0.29, 0.717) is 0 Å². The number of benzene rings is 1. The van der Waals surface area contributed by atoms with E-state index in [-0.39, 0.29) is 11.5 Å². The molecule has 2 aromatic heterocycles. The fourth-order valence-electron chi connectivity index (χ4n) is 2.39. The van der Waals surface area contributed by atoms with E-state index >= 15 is 0 Å². The second-order valence-electron chi connectivity index (χ2n) is 5.98.